The fraction of sp³-hybridized carbons (Fsp3) is 0.143. The van der Waals surface area contributed by atoms with E-state index in [9.17, 15) is 4.39 Å². The van der Waals surface area contributed by atoms with Crippen LogP contribution in [0.2, 0.25) is 0 Å². The van der Waals surface area contributed by atoms with Crippen molar-refractivity contribution in [1.29, 1.82) is 0 Å². The first-order valence-electron chi connectivity index (χ1n) is 5.21. The summed E-state index contributed by atoms with van der Waals surface area (Å²) in [5.41, 5.74) is 9.95. The van der Waals surface area contributed by atoms with Gasteiger partial charge in [0.1, 0.15) is 5.82 Å². The molecular weight excluding hydrogens is 201 g/mol. The summed E-state index contributed by atoms with van der Waals surface area (Å²) in [6.07, 6.45) is 0. The van der Waals surface area contributed by atoms with Crippen LogP contribution in [0.5, 0.6) is 0 Å². The molecule has 1 nitrogen and oxygen atoms in total. The molecule has 82 valence electrons. The first-order chi connectivity index (χ1) is 7.59. The van der Waals surface area contributed by atoms with Gasteiger partial charge in [0.2, 0.25) is 0 Å². The van der Waals surface area contributed by atoms with Gasteiger partial charge in [-0.2, -0.15) is 0 Å². The average Bonchev–Trinajstić information content (AvgIpc) is 2.26. The second-order valence-electron chi connectivity index (χ2n) is 3.98. The Balaban J connectivity index is 2.59. The Kier molecular flexibility index (Phi) is 2.65. The lowest BCUT2D eigenvalue weighted by Gasteiger charge is -2.09. The average molecular weight is 215 g/mol. The predicted octanol–water partition coefficient (Wildman–Crippen LogP) is 3.69. The molecule has 2 heteroatoms. The van der Waals surface area contributed by atoms with Crippen molar-refractivity contribution in [3.63, 3.8) is 0 Å². The maximum absolute atomic E-state index is 13.4. The topological polar surface area (TPSA) is 26.0 Å². The number of benzene rings is 2. The zero-order chi connectivity index (χ0) is 11.7. The standard InChI is InChI=1S/C14H14FN/c1-9-4-3-5-12(10(9)2)11-6-7-14(16)13(15)8-11/h3-8H,16H2,1-2H3. The Labute approximate surface area is 94.7 Å². The Bertz CT molecular complexity index is 532. The van der Waals surface area contributed by atoms with Gasteiger partial charge in [-0.1, -0.05) is 24.3 Å². The summed E-state index contributed by atoms with van der Waals surface area (Å²) in [5, 5.41) is 0. The van der Waals surface area contributed by atoms with Crippen LogP contribution in [0.4, 0.5) is 10.1 Å². The molecule has 0 unspecified atom stereocenters. The molecule has 0 spiro atoms. The van der Waals surface area contributed by atoms with Crippen molar-refractivity contribution in [3.8, 4) is 11.1 Å². The van der Waals surface area contributed by atoms with Crippen LogP contribution in [-0.4, -0.2) is 0 Å². The van der Waals surface area contributed by atoms with E-state index in [-0.39, 0.29) is 11.5 Å². The van der Waals surface area contributed by atoms with E-state index in [1.165, 1.54) is 17.2 Å². The minimum atomic E-state index is -0.363. The van der Waals surface area contributed by atoms with E-state index < -0.39 is 0 Å². The van der Waals surface area contributed by atoms with Gasteiger partial charge in [-0.05, 0) is 48.2 Å². The van der Waals surface area contributed by atoms with Gasteiger partial charge in [-0.15, -0.1) is 0 Å². The molecule has 0 saturated heterocycles. The fourth-order valence-corrected chi connectivity index (χ4v) is 1.76. The second kappa shape index (κ2) is 3.97. The SMILES string of the molecule is Cc1cccc(-c2ccc(N)c(F)c2)c1C. The zero-order valence-corrected chi connectivity index (χ0v) is 9.42. The minimum Gasteiger partial charge on any atom is -0.396 e. The Morgan fingerprint density at radius 2 is 1.81 bits per heavy atom. The van der Waals surface area contributed by atoms with Crippen molar-refractivity contribution in [3.05, 3.63) is 53.3 Å². The van der Waals surface area contributed by atoms with Crippen LogP contribution >= 0.6 is 0 Å². The number of nitrogens with two attached hydrogens (primary N) is 1. The van der Waals surface area contributed by atoms with E-state index in [2.05, 4.69) is 0 Å². The lowest BCUT2D eigenvalue weighted by atomic mass is 9.97. The van der Waals surface area contributed by atoms with Crippen molar-refractivity contribution < 1.29 is 4.39 Å². The molecule has 16 heavy (non-hydrogen) atoms. The van der Waals surface area contributed by atoms with Crippen LogP contribution in [0.3, 0.4) is 0 Å². The lowest BCUT2D eigenvalue weighted by molar-refractivity contribution is 0.633. The number of aryl methyl sites for hydroxylation is 1. The molecule has 2 aromatic carbocycles. The third-order valence-electron chi connectivity index (χ3n) is 2.92. The van der Waals surface area contributed by atoms with Crippen LogP contribution in [0.1, 0.15) is 11.1 Å². The summed E-state index contributed by atoms with van der Waals surface area (Å²) in [7, 11) is 0. The minimum absolute atomic E-state index is 0.189. The van der Waals surface area contributed by atoms with E-state index in [1.807, 2.05) is 38.1 Å². The quantitative estimate of drug-likeness (QED) is 0.721. The number of anilines is 1. The summed E-state index contributed by atoms with van der Waals surface area (Å²) in [4.78, 5) is 0. The molecule has 2 N–H and O–H groups in total. The number of halogens is 1. The van der Waals surface area contributed by atoms with E-state index >= 15 is 0 Å². The van der Waals surface area contributed by atoms with Gasteiger partial charge in [0.25, 0.3) is 0 Å². The molecule has 0 fully saturated rings. The van der Waals surface area contributed by atoms with Crippen molar-refractivity contribution in [2.24, 2.45) is 0 Å². The van der Waals surface area contributed by atoms with Gasteiger partial charge in [0.15, 0.2) is 0 Å². The summed E-state index contributed by atoms with van der Waals surface area (Å²) >= 11 is 0. The third-order valence-corrected chi connectivity index (χ3v) is 2.92. The molecule has 0 saturated carbocycles. The van der Waals surface area contributed by atoms with Gasteiger partial charge >= 0.3 is 0 Å². The van der Waals surface area contributed by atoms with Gasteiger partial charge in [-0.25, -0.2) is 4.39 Å². The van der Waals surface area contributed by atoms with Crippen LogP contribution in [0.25, 0.3) is 11.1 Å². The molecule has 0 amide bonds. The normalized spacial score (nSPS) is 10.4. The highest BCUT2D eigenvalue weighted by Crippen LogP contribution is 2.27. The van der Waals surface area contributed by atoms with Crippen LogP contribution in [0.15, 0.2) is 36.4 Å². The molecule has 0 aliphatic heterocycles. The molecule has 0 atom stereocenters. The van der Waals surface area contributed by atoms with Gasteiger partial charge in [-0.3, -0.25) is 0 Å². The van der Waals surface area contributed by atoms with Crippen molar-refractivity contribution in [2.75, 3.05) is 5.73 Å². The molecule has 0 aliphatic carbocycles. The summed E-state index contributed by atoms with van der Waals surface area (Å²) in [6.45, 7) is 4.09. The molecule has 0 radical (unpaired) electrons. The highest BCUT2D eigenvalue weighted by Gasteiger charge is 2.06. The van der Waals surface area contributed by atoms with Gasteiger partial charge in [0, 0.05) is 0 Å². The van der Waals surface area contributed by atoms with Gasteiger partial charge < -0.3 is 5.73 Å². The summed E-state index contributed by atoms with van der Waals surface area (Å²) in [5.74, 6) is -0.363. The largest absolute Gasteiger partial charge is 0.396 e. The third kappa shape index (κ3) is 1.78. The first kappa shape index (κ1) is 10.7. The van der Waals surface area contributed by atoms with E-state index in [1.54, 1.807) is 6.07 Å². The zero-order valence-electron chi connectivity index (χ0n) is 9.42. The summed E-state index contributed by atoms with van der Waals surface area (Å²) in [6, 6.07) is 11.0. The van der Waals surface area contributed by atoms with Gasteiger partial charge in [0.05, 0.1) is 5.69 Å². The van der Waals surface area contributed by atoms with Crippen LogP contribution in [0, 0.1) is 19.7 Å². The maximum Gasteiger partial charge on any atom is 0.146 e. The Hall–Kier alpha value is -1.83. The number of rotatable bonds is 1. The molecule has 2 aromatic rings. The Morgan fingerprint density at radius 3 is 2.50 bits per heavy atom. The first-order valence-corrected chi connectivity index (χ1v) is 5.21. The second-order valence-corrected chi connectivity index (χ2v) is 3.98. The molecule has 0 bridgehead atoms. The number of hydrogen-bond donors (Lipinski definition) is 1. The Morgan fingerprint density at radius 1 is 1.06 bits per heavy atom. The van der Waals surface area contributed by atoms with Crippen molar-refractivity contribution >= 4 is 5.69 Å². The smallest absolute Gasteiger partial charge is 0.146 e. The monoisotopic (exact) mass is 215 g/mol. The van der Waals surface area contributed by atoms with E-state index in [0.717, 1.165) is 11.1 Å². The van der Waals surface area contributed by atoms with Crippen LogP contribution in [-0.2, 0) is 0 Å². The van der Waals surface area contributed by atoms with Crippen LogP contribution < -0.4 is 5.73 Å². The molecule has 0 heterocycles. The van der Waals surface area contributed by atoms with Crippen molar-refractivity contribution in [2.45, 2.75) is 13.8 Å². The molecule has 0 aromatic heterocycles. The van der Waals surface area contributed by atoms with Crippen molar-refractivity contribution in [1.82, 2.24) is 0 Å². The fourth-order valence-electron chi connectivity index (χ4n) is 1.76. The summed E-state index contributed by atoms with van der Waals surface area (Å²) < 4.78 is 13.4. The molecule has 2 rings (SSSR count). The highest BCUT2D eigenvalue weighted by atomic mass is 19.1. The lowest BCUT2D eigenvalue weighted by Crippen LogP contribution is -1.92. The molecular formula is C14H14FN. The maximum atomic E-state index is 13.4. The van der Waals surface area contributed by atoms with E-state index in [4.69, 9.17) is 5.73 Å². The number of hydrogen-bond acceptors (Lipinski definition) is 1. The van der Waals surface area contributed by atoms with E-state index in [0.29, 0.717) is 0 Å². The number of nitrogen functional groups attached to an aromatic ring is 1. The highest BCUT2D eigenvalue weighted by molar-refractivity contribution is 5.70. The predicted molar refractivity (Wildman–Crippen MR) is 65.7 cm³/mol. The molecule has 0 aliphatic rings.